The molecule has 2 aromatic rings. The molecule has 0 radical (unpaired) electrons. The number of hydrogen-bond donors (Lipinski definition) is 2. The second-order valence-electron chi connectivity index (χ2n) is 6.46. The Morgan fingerprint density at radius 1 is 1.19 bits per heavy atom. The van der Waals surface area contributed by atoms with Crippen molar-refractivity contribution in [1.29, 1.82) is 0 Å². The molecule has 0 bridgehead atoms. The maximum atomic E-state index is 12.6. The van der Waals surface area contributed by atoms with Crippen molar-refractivity contribution in [3.63, 3.8) is 0 Å². The van der Waals surface area contributed by atoms with Crippen LogP contribution < -0.4 is 5.32 Å². The molecule has 2 heterocycles. The topological polar surface area (TPSA) is 98.9 Å². The Hall–Kier alpha value is -2.87. The van der Waals surface area contributed by atoms with Gasteiger partial charge in [0.15, 0.2) is 5.82 Å². The van der Waals surface area contributed by atoms with Gasteiger partial charge in [-0.1, -0.05) is 16.8 Å². The van der Waals surface area contributed by atoms with E-state index in [4.69, 9.17) is 4.52 Å². The summed E-state index contributed by atoms with van der Waals surface area (Å²) >= 11 is 0. The van der Waals surface area contributed by atoms with Crippen LogP contribution in [0.25, 0.3) is 0 Å². The lowest BCUT2D eigenvalue weighted by Crippen LogP contribution is -2.50. The molecule has 1 aromatic heterocycles. The zero-order chi connectivity index (χ0) is 18.7. The highest BCUT2D eigenvalue weighted by atomic mass is 16.5. The number of aryl methyl sites for hydroxylation is 2. The van der Waals surface area contributed by atoms with Gasteiger partial charge in [0.2, 0.25) is 5.91 Å². The Bertz CT molecular complexity index is 809. The number of phenolic OH excluding ortho intramolecular Hbond substituents is 1. The lowest BCUT2D eigenvalue weighted by atomic mass is 10.1. The largest absolute Gasteiger partial charge is 0.507 e. The zero-order valence-electron chi connectivity index (χ0n) is 14.9. The minimum Gasteiger partial charge on any atom is -0.507 e. The Labute approximate surface area is 151 Å². The molecule has 1 saturated heterocycles. The van der Waals surface area contributed by atoms with E-state index in [0.29, 0.717) is 43.3 Å². The summed E-state index contributed by atoms with van der Waals surface area (Å²) in [5.74, 6) is 0.663. The number of hydrogen-bond acceptors (Lipinski definition) is 6. The summed E-state index contributed by atoms with van der Waals surface area (Å²) in [4.78, 5) is 28.3. The number of carbonyl (C=O) groups excluding carboxylic acids is 2. The molecule has 3 rings (SSSR count). The molecule has 8 heteroatoms. The number of aromatic nitrogens is 1. The third-order valence-electron chi connectivity index (χ3n) is 4.30. The average Bonchev–Trinajstić information content (AvgIpc) is 3.01. The van der Waals surface area contributed by atoms with Crippen LogP contribution in [0.3, 0.4) is 0 Å². The summed E-state index contributed by atoms with van der Waals surface area (Å²) in [5, 5.41) is 16.3. The van der Waals surface area contributed by atoms with Crippen LogP contribution >= 0.6 is 0 Å². The van der Waals surface area contributed by atoms with Gasteiger partial charge in [0, 0.05) is 32.2 Å². The number of nitrogens with one attached hydrogen (secondary N) is 1. The Morgan fingerprint density at radius 3 is 2.58 bits per heavy atom. The fraction of sp³-hybridized carbons (Fsp3) is 0.389. The highest BCUT2D eigenvalue weighted by molar-refractivity contribution is 5.97. The number of piperazine rings is 1. The Morgan fingerprint density at radius 2 is 1.92 bits per heavy atom. The molecule has 26 heavy (non-hydrogen) atoms. The maximum Gasteiger partial charge on any atom is 0.257 e. The van der Waals surface area contributed by atoms with E-state index in [0.717, 1.165) is 5.56 Å². The van der Waals surface area contributed by atoms with Gasteiger partial charge < -0.3 is 19.8 Å². The molecule has 1 aliphatic heterocycles. The van der Waals surface area contributed by atoms with Crippen molar-refractivity contribution in [3.8, 4) is 5.75 Å². The molecule has 0 aliphatic carbocycles. The van der Waals surface area contributed by atoms with Crippen molar-refractivity contribution in [2.75, 3.05) is 38.0 Å². The lowest BCUT2D eigenvalue weighted by Gasteiger charge is -2.34. The van der Waals surface area contributed by atoms with Crippen LogP contribution in [0.2, 0.25) is 0 Å². The van der Waals surface area contributed by atoms with Gasteiger partial charge in [-0.15, -0.1) is 0 Å². The summed E-state index contributed by atoms with van der Waals surface area (Å²) < 4.78 is 4.91. The molecule has 0 unspecified atom stereocenters. The van der Waals surface area contributed by atoms with E-state index in [1.165, 1.54) is 6.07 Å². The number of anilines is 1. The summed E-state index contributed by atoms with van der Waals surface area (Å²) in [7, 11) is 0. The van der Waals surface area contributed by atoms with Crippen molar-refractivity contribution >= 4 is 17.6 Å². The predicted molar refractivity (Wildman–Crippen MR) is 95.1 cm³/mol. The standard InChI is InChI=1S/C18H22N4O4/c1-12-3-4-15(23)14(9-12)18(25)22-7-5-21(6-8-22)11-17(24)19-16-10-13(2)26-20-16/h3-4,9-10,23H,5-8,11H2,1-2H3,(H,19,20,24). The van der Waals surface area contributed by atoms with Gasteiger partial charge in [-0.2, -0.15) is 0 Å². The number of carbonyl (C=O) groups is 2. The molecular weight excluding hydrogens is 336 g/mol. The molecule has 0 saturated carbocycles. The van der Waals surface area contributed by atoms with Crippen LogP contribution in [0.5, 0.6) is 5.75 Å². The van der Waals surface area contributed by atoms with Crippen molar-refractivity contribution in [2.45, 2.75) is 13.8 Å². The predicted octanol–water partition coefficient (Wildman–Crippen LogP) is 1.39. The van der Waals surface area contributed by atoms with E-state index in [2.05, 4.69) is 10.5 Å². The fourth-order valence-corrected chi connectivity index (χ4v) is 2.91. The van der Waals surface area contributed by atoms with Crippen molar-refractivity contribution in [2.24, 2.45) is 0 Å². The molecule has 0 atom stereocenters. The summed E-state index contributed by atoms with van der Waals surface area (Å²) in [5.41, 5.74) is 1.24. The van der Waals surface area contributed by atoms with E-state index in [9.17, 15) is 14.7 Å². The monoisotopic (exact) mass is 358 g/mol. The minimum absolute atomic E-state index is 0.00897. The third kappa shape index (κ3) is 4.20. The number of benzene rings is 1. The van der Waals surface area contributed by atoms with E-state index in [-0.39, 0.29) is 24.1 Å². The Kier molecular flexibility index (Phi) is 5.22. The molecule has 0 spiro atoms. The van der Waals surface area contributed by atoms with Gasteiger partial charge in [0.05, 0.1) is 12.1 Å². The quantitative estimate of drug-likeness (QED) is 0.857. The van der Waals surface area contributed by atoms with Gasteiger partial charge in [-0.3, -0.25) is 14.5 Å². The van der Waals surface area contributed by atoms with Crippen molar-refractivity contribution in [3.05, 3.63) is 41.2 Å². The molecule has 138 valence electrons. The van der Waals surface area contributed by atoms with Crippen LogP contribution in [0.4, 0.5) is 5.82 Å². The second-order valence-corrected chi connectivity index (χ2v) is 6.46. The van der Waals surface area contributed by atoms with Crippen LogP contribution in [0.1, 0.15) is 21.7 Å². The van der Waals surface area contributed by atoms with Crippen molar-refractivity contribution < 1.29 is 19.2 Å². The van der Waals surface area contributed by atoms with Crippen LogP contribution in [-0.2, 0) is 4.79 Å². The normalized spacial score (nSPS) is 15.1. The first-order valence-electron chi connectivity index (χ1n) is 8.47. The smallest absolute Gasteiger partial charge is 0.257 e. The average molecular weight is 358 g/mol. The number of phenols is 1. The Balaban J connectivity index is 1.51. The zero-order valence-corrected chi connectivity index (χ0v) is 14.9. The molecule has 1 aliphatic rings. The molecule has 2 N–H and O–H groups in total. The number of nitrogens with zero attached hydrogens (tertiary/aromatic N) is 3. The summed E-state index contributed by atoms with van der Waals surface area (Å²) in [6.45, 7) is 6.04. The second kappa shape index (κ2) is 7.57. The van der Waals surface area contributed by atoms with Gasteiger partial charge in [-0.25, -0.2) is 0 Å². The molecule has 2 amide bonds. The number of aromatic hydroxyl groups is 1. The lowest BCUT2D eigenvalue weighted by molar-refractivity contribution is -0.117. The van der Waals surface area contributed by atoms with E-state index in [1.54, 1.807) is 30.0 Å². The van der Waals surface area contributed by atoms with Crippen molar-refractivity contribution in [1.82, 2.24) is 15.0 Å². The van der Waals surface area contributed by atoms with Gasteiger partial charge in [0.25, 0.3) is 5.91 Å². The van der Waals surface area contributed by atoms with E-state index >= 15 is 0 Å². The number of amides is 2. The highest BCUT2D eigenvalue weighted by Crippen LogP contribution is 2.21. The fourth-order valence-electron chi connectivity index (χ4n) is 2.91. The van der Waals surface area contributed by atoms with E-state index in [1.807, 2.05) is 11.8 Å². The van der Waals surface area contributed by atoms with Gasteiger partial charge >= 0.3 is 0 Å². The van der Waals surface area contributed by atoms with Gasteiger partial charge in [-0.05, 0) is 26.0 Å². The summed E-state index contributed by atoms with van der Waals surface area (Å²) in [6, 6.07) is 6.65. The molecule has 1 fully saturated rings. The molecule has 1 aromatic carbocycles. The first-order valence-corrected chi connectivity index (χ1v) is 8.47. The van der Waals surface area contributed by atoms with E-state index < -0.39 is 0 Å². The van der Waals surface area contributed by atoms with Crippen LogP contribution in [0.15, 0.2) is 28.8 Å². The van der Waals surface area contributed by atoms with Crippen LogP contribution in [-0.4, -0.2) is 64.6 Å². The number of rotatable bonds is 4. The highest BCUT2D eigenvalue weighted by Gasteiger charge is 2.25. The minimum atomic E-state index is -0.187. The van der Waals surface area contributed by atoms with Crippen LogP contribution in [0, 0.1) is 13.8 Å². The molecule has 8 nitrogen and oxygen atoms in total. The van der Waals surface area contributed by atoms with Gasteiger partial charge in [0.1, 0.15) is 11.5 Å². The maximum absolute atomic E-state index is 12.6. The molecular formula is C18H22N4O4. The first kappa shape index (κ1) is 17.9. The SMILES string of the molecule is Cc1ccc(O)c(C(=O)N2CCN(CC(=O)Nc3cc(C)on3)CC2)c1. The summed E-state index contributed by atoms with van der Waals surface area (Å²) in [6.07, 6.45) is 0. The third-order valence-corrected chi connectivity index (χ3v) is 4.30. The first-order chi connectivity index (χ1) is 12.4.